The number of nitrogens with zero attached hydrogens (tertiary/aromatic N) is 1. The van der Waals surface area contributed by atoms with E-state index < -0.39 is 0 Å². The fourth-order valence-corrected chi connectivity index (χ4v) is 3.50. The lowest BCUT2D eigenvalue weighted by atomic mass is 10.00. The first-order valence-corrected chi connectivity index (χ1v) is 9.94. The fourth-order valence-electron chi connectivity index (χ4n) is 3.50. The molecule has 148 valence electrons. The van der Waals surface area contributed by atoms with Crippen molar-refractivity contribution in [1.82, 2.24) is 4.90 Å². The van der Waals surface area contributed by atoms with Crippen LogP contribution in [0.5, 0.6) is 0 Å². The maximum absolute atomic E-state index is 13.2. The molecule has 0 radical (unpaired) electrons. The summed E-state index contributed by atoms with van der Waals surface area (Å²) in [7, 11) is 0. The summed E-state index contributed by atoms with van der Waals surface area (Å²) in [4.78, 5) is 15.1. The second kappa shape index (κ2) is 8.39. The first-order valence-electron chi connectivity index (χ1n) is 9.94. The Labute approximate surface area is 170 Å². The van der Waals surface area contributed by atoms with E-state index in [1.807, 2.05) is 53.4 Å². The molecular formula is C25H25NO3. The van der Waals surface area contributed by atoms with Gasteiger partial charge in [-0.2, -0.15) is 0 Å². The minimum Gasteiger partial charge on any atom is -0.467 e. The van der Waals surface area contributed by atoms with Gasteiger partial charge in [0.2, 0.25) is 5.91 Å². The lowest BCUT2D eigenvalue weighted by Crippen LogP contribution is -2.31. The molecule has 2 aromatic carbocycles. The van der Waals surface area contributed by atoms with Crippen molar-refractivity contribution >= 4 is 16.9 Å². The van der Waals surface area contributed by atoms with Gasteiger partial charge in [-0.3, -0.25) is 4.79 Å². The zero-order valence-corrected chi connectivity index (χ0v) is 16.8. The lowest BCUT2D eigenvalue weighted by Gasteiger charge is -2.22. The zero-order chi connectivity index (χ0) is 20.2. The number of carbonyl (C=O) groups is 1. The highest BCUT2D eigenvalue weighted by Crippen LogP contribution is 2.27. The van der Waals surface area contributed by atoms with Crippen LogP contribution in [-0.2, 0) is 24.3 Å². The molecule has 0 spiro atoms. The van der Waals surface area contributed by atoms with E-state index >= 15 is 0 Å². The molecule has 0 bridgehead atoms. The molecule has 0 N–H and O–H groups in total. The molecule has 0 aliphatic rings. The molecule has 2 heterocycles. The number of furan rings is 2. The number of amides is 1. The van der Waals surface area contributed by atoms with Gasteiger partial charge in [0.05, 0.1) is 25.5 Å². The average Bonchev–Trinajstić information content (AvgIpc) is 3.38. The summed E-state index contributed by atoms with van der Waals surface area (Å²) in [5.41, 5.74) is 4.07. The van der Waals surface area contributed by atoms with Crippen molar-refractivity contribution in [3.05, 3.63) is 95.6 Å². The molecule has 4 rings (SSSR count). The Morgan fingerprint density at radius 2 is 1.79 bits per heavy atom. The molecule has 4 heteroatoms. The Hall–Kier alpha value is -3.27. The van der Waals surface area contributed by atoms with Crippen LogP contribution in [0.4, 0.5) is 0 Å². The zero-order valence-electron chi connectivity index (χ0n) is 16.8. The monoisotopic (exact) mass is 387 g/mol. The third-order valence-corrected chi connectivity index (χ3v) is 5.18. The Morgan fingerprint density at radius 3 is 2.52 bits per heavy atom. The third kappa shape index (κ3) is 4.43. The van der Waals surface area contributed by atoms with E-state index in [1.54, 1.807) is 12.5 Å². The van der Waals surface area contributed by atoms with Gasteiger partial charge in [-0.15, -0.1) is 0 Å². The second-order valence-electron chi connectivity index (χ2n) is 7.66. The molecule has 4 nitrogen and oxygen atoms in total. The van der Waals surface area contributed by atoms with Gasteiger partial charge in [-0.25, -0.2) is 0 Å². The number of fused-ring (bicyclic) bond motifs is 1. The normalized spacial score (nSPS) is 11.3. The Bertz CT molecular complexity index is 1080. The molecular weight excluding hydrogens is 362 g/mol. The summed E-state index contributed by atoms with van der Waals surface area (Å²) in [6, 6.07) is 20.0. The fraction of sp³-hybridized carbons (Fsp3) is 0.240. The summed E-state index contributed by atoms with van der Waals surface area (Å²) < 4.78 is 11.2. The number of hydrogen-bond donors (Lipinski definition) is 0. The van der Waals surface area contributed by atoms with Gasteiger partial charge in [0.25, 0.3) is 0 Å². The van der Waals surface area contributed by atoms with Crippen LogP contribution in [0.2, 0.25) is 0 Å². The number of benzene rings is 2. The van der Waals surface area contributed by atoms with Gasteiger partial charge < -0.3 is 13.7 Å². The van der Waals surface area contributed by atoms with Crippen molar-refractivity contribution in [2.45, 2.75) is 39.3 Å². The van der Waals surface area contributed by atoms with Crippen LogP contribution in [0.1, 0.15) is 42.2 Å². The first kappa shape index (κ1) is 19.1. The van der Waals surface area contributed by atoms with Crippen molar-refractivity contribution < 1.29 is 13.6 Å². The van der Waals surface area contributed by atoms with E-state index in [2.05, 4.69) is 26.0 Å². The number of carbonyl (C=O) groups excluding carboxylic acids is 1. The van der Waals surface area contributed by atoms with Crippen molar-refractivity contribution in [2.24, 2.45) is 0 Å². The minimum atomic E-state index is 0.0444. The Morgan fingerprint density at radius 1 is 0.966 bits per heavy atom. The topological polar surface area (TPSA) is 46.6 Å². The summed E-state index contributed by atoms with van der Waals surface area (Å²) in [5.74, 6) is 1.24. The number of hydrogen-bond acceptors (Lipinski definition) is 3. The van der Waals surface area contributed by atoms with E-state index in [1.165, 1.54) is 5.56 Å². The van der Waals surface area contributed by atoms with E-state index in [0.717, 1.165) is 27.9 Å². The molecule has 0 saturated heterocycles. The van der Waals surface area contributed by atoms with Gasteiger partial charge in [0, 0.05) is 17.5 Å². The highest BCUT2D eigenvalue weighted by Gasteiger charge is 2.19. The molecule has 4 aromatic rings. The highest BCUT2D eigenvalue weighted by molar-refractivity contribution is 5.88. The van der Waals surface area contributed by atoms with Gasteiger partial charge in [0.15, 0.2) is 0 Å². The van der Waals surface area contributed by atoms with Crippen LogP contribution in [-0.4, -0.2) is 10.8 Å². The lowest BCUT2D eigenvalue weighted by molar-refractivity contribution is -0.132. The van der Waals surface area contributed by atoms with Crippen molar-refractivity contribution in [1.29, 1.82) is 0 Å². The van der Waals surface area contributed by atoms with Crippen LogP contribution in [0, 0.1) is 0 Å². The maximum Gasteiger partial charge on any atom is 0.227 e. The van der Waals surface area contributed by atoms with Gasteiger partial charge >= 0.3 is 0 Å². The molecule has 0 fully saturated rings. The molecule has 0 saturated carbocycles. The predicted octanol–water partition coefficient (Wildman–Crippen LogP) is 5.92. The van der Waals surface area contributed by atoms with Crippen LogP contribution >= 0.6 is 0 Å². The molecule has 0 unspecified atom stereocenters. The van der Waals surface area contributed by atoms with Crippen molar-refractivity contribution in [3.8, 4) is 0 Å². The van der Waals surface area contributed by atoms with E-state index in [4.69, 9.17) is 8.83 Å². The Balaban J connectivity index is 1.58. The van der Waals surface area contributed by atoms with E-state index in [9.17, 15) is 4.79 Å². The third-order valence-electron chi connectivity index (χ3n) is 5.18. The molecule has 29 heavy (non-hydrogen) atoms. The van der Waals surface area contributed by atoms with Gasteiger partial charge in [-0.1, -0.05) is 50.2 Å². The summed E-state index contributed by atoms with van der Waals surface area (Å²) in [5, 5.41) is 1.02. The quantitative estimate of drug-likeness (QED) is 0.395. The SMILES string of the molecule is CC(C)c1ccc2occ(CC(=O)N(Cc3ccccc3)Cc3ccco3)c2c1. The molecule has 0 aliphatic heterocycles. The smallest absolute Gasteiger partial charge is 0.227 e. The van der Waals surface area contributed by atoms with Crippen LogP contribution < -0.4 is 0 Å². The average molecular weight is 387 g/mol. The van der Waals surface area contributed by atoms with Crippen molar-refractivity contribution in [2.75, 3.05) is 0 Å². The molecule has 0 aliphatic carbocycles. The van der Waals surface area contributed by atoms with Crippen LogP contribution in [0.3, 0.4) is 0 Å². The summed E-state index contributed by atoms with van der Waals surface area (Å²) >= 11 is 0. The largest absolute Gasteiger partial charge is 0.467 e. The summed E-state index contributed by atoms with van der Waals surface area (Å²) in [6.45, 7) is 5.30. The molecule has 2 aromatic heterocycles. The van der Waals surface area contributed by atoms with Crippen molar-refractivity contribution in [3.63, 3.8) is 0 Å². The summed E-state index contributed by atoms with van der Waals surface area (Å²) in [6.07, 6.45) is 3.64. The molecule has 0 atom stereocenters. The van der Waals surface area contributed by atoms with Crippen LogP contribution in [0.15, 0.2) is 82.0 Å². The maximum atomic E-state index is 13.2. The van der Waals surface area contributed by atoms with E-state index in [0.29, 0.717) is 25.4 Å². The second-order valence-corrected chi connectivity index (χ2v) is 7.66. The Kier molecular flexibility index (Phi) is 5.52. The molecule has 1 amide bonds. The van der Waals surface area contributed by atoms with Gasteiger partial charge in [-0.05, 0) is 41.3 Å². The number of rotatable bonds is 7. The predicted molar refractivity (Wildman–Crippen MR) is 113 cm³/mol. The van der Waals surface area contributed by atoms with Crippen LogP contribution in [0.25, 0.3) is 11.0 Å². The van der Waals surface area contributed by atoms with Gasteiger partial charge in [0.1, 0.15) is 11.3 Å². The highest BCUT2D eigenvalue weighted by atomic mass is 16.3. The minimum absolute atomic E-state index is 0.0444. The standard InChI is InChI=1S/C25H25NO3/c1-18(2)20-10-11-24-23(13-20)21(17-29-24)14-25(27)26(16-22-9-6-12-28-22)15-19-7-4-3-5-8-19/h3-13,17-18H,14-16H2,1-2H3. The van der Waals surface area contributed by atoms with E-state index in [-0.39, 0.29) is 5.91 Å². The first-order chi connectivity index (χ1) is 14.1.